The molecule has 5 nitrogen and oxygen atoms in total. The molecule has 100 valence electrons. The van der Waals surface area contributed by atoms with Crippen LogP contribution in [0.15, 0.2) is 30.6 Å². The second kappa shape index (κ2) is 5.65. The van der Waals surface area contributed by atoms with Crippen molar-refractivity contribution < 1.29 is 4.79 Å². The van der Waals surface area contributed by atoms with E-state index in [-0.39, 0.29) is 11.8 Å². The topological polar surface area (TPSA) is 73.8 Å². The molecule has 0 radical (unpaired) electrons. The Morgan fingerprint density at radius 2 is 2.16 bits per heavy atom. The molecule has 0 unspecified atom stereocenters. The Kier molecular flexibility index (Phi) is 3.94. The molecule has 5 heteroatoms. The number of nitrogens with two attached hydrogens (primary N) is 1. The van der Waals surface area contributed by atoms with Crippen molar-refractivity contribution in [3.63, 3.8) is 0 Å². The van der Waals surface area contributed by atoms with Crippen molar-refractivity contribution in [2.45, 2.75) is 32.7 Å². The maximum Gasteiger partial charge on any atom is 0.144 e. The smallest absolute Gasteiger partial charge is 0.144 e. The number of ketones is 1. The fourth-order valence-corrected chi connectivity index (χ4v) is 2.00. The number of aromatic nitrogens is 3. The number of hydrogen-bond donors (Lipinski definition) is 1. The third kappa shape index (κ3) is 3.40. The van der Waals surface area contributed by atoms with Crippen LogP contribution in [0.5, 0.6) is 0 Å². The number of carbonyl (C=O) groups excluding carboxylic acids is 1. The Labute approximate surface area is 112 Å². The van der Waals surface area contributed by atoms with Crippen LogP contribution < -0.4 is 5.73 Å². The minimum Gasteiger partial charge on any atom is -0.399 e. The summed E-state index contributed by atoms with van der Waals surface area (Å²) in [6.45, 7) is 4.03. The van der Waals surface area contributed by atoms with Gasteiger partial charge >= 0.3 is 0 Å². The molecule has 0 aliphatic heterocycles. The zero-order valence-corrected chi connectivity index (χ0v) is 11.2. The predicted octanol–water partition coefficient (Wildman–Crippen LogP) is 1.80. The third-order valence-electron chi connectivity index (χ3n) is 2.84. The van der Waals surface area contributed by atoms with Crippen LogP contribution in [0.25, 0.3) is 0 Å². The molecule has 0 amide bonds. The van der Waals surface area contributed by atoms with Gasteiger partial charge in [0, 0.05) is 18.2 Å². The monoisotopic (exact) mass is 258 g/mol. The summed E-state index contributed by atoms with van der Waals surface area (Å²) >= 11 is 0. The van der Waals surface area contributed by atoms with Crippen LogP contribution in [0, 0.1) is 0 Å². The molecule has 1 aromatic heterocycles. The highest BCUT2D eigenvalue weighted by atomic mass is 16.1. The highest BCUT2D eigenvalue weighted by molar-refractivity contribution is 5.82. The fraction of sp³-hybridized carbons (Fsp3) is 0.357. The summed E-state index contributed by atoms with van der Waals surface area (Å²) in [7, 11) is 0. The number of carbonyl (C=O) groups is 1. The highest BCUT2D eigenvalue weighted by Gasteiger charge is 2.12. The van der Waals surface area contributed by atoms with E-state index >= 15 is 0 Å². The molecule has 2 rings (SSSR count). The van der Waals surface area contributed by atoms with Crippen LogP contribution in [0.3, 0.4) is 0 Å². The van der Waals surface area contributed by atoms with Crippen molar-refractivity contribution in [2.24, 2.45) is 0 Å². The molecule has 0 bridgehead atoms. The fourth-order valence-electron chi connectivity index (χ4n) is 2.00. The van der Waals surface area contributed by atoms with Gasteiger partial charge in [-0.05, 0) is 31.5 Å². The van der Waals surface area contributed by atoms with E-state index in [2.05, 4.69) is 10.1 Å². The molecule has 2 N–H and O–H groups in total. The summed E-state index contributed by atoms with van der Waals surface area (Å²) in [5.41, 5.74) is 7.30. The molecule has 0 saturated heterocycles. The lowest BCUT2D eigenvalue weighted by atomic mass is 10.1. The van der Waals surface area contributed by atoms with Crippen molar-refractivity contribution in [1.29, 1.82) is 0 Å². The maximum absolute atomic E-state index is 12.0. The van der Waals surface area contributed by atoms with Crippen LogP contribution in [0.1, 0.15) is 31.3 Å². The summed E-state index contributed by atoms with van der Waals surface area (Å²) in [6, 6.07) is 7.60. The van der Waals surface area contributed by atoms with Crippen molar-refractivity contribution >= 4 is 11.5 Å². The molecule has 1 heterocycles. The quantitative estimate of drug-likeness (QED) is 0.830. The molecule has 0 atom stereocenters. The van der Waals surface area contributed by atoms with Crippen LogP contribution in [0.2, 0.25) is 0 Å². The van der Waals surface area contributed by atoms with Crippen LogP contribution in [0.4, 0.5) is 5.69 Å². The van der Waals surface area contributed by atoms with E-state index in [0.717, 1.165) is 5.56 Å². The van der Waals surface area contributed by atoms with Gasteiger partial charge in [-0.1, -0.05) is 12.1 Å². The van der Waals surface area contributed by atoms with Gasteiger partial charge in [0.25, 0.3) is 0 Å². The Morgan fingerprint density at radius 3 is 2.84 bits per heavy atom. The molecule has 0 aliphatic carbocycles. The van der Waals surface area contributed by atoms with Crippen molar-refractivity contribution in [2.75, 3.05) is 5.73 Å². The molecule has 19 heavy (non-hydrogen) atoms. The Morgan fingerprint density at radius 1 is 1.37 bits per heavy atom. The van der Waals surface area contributed by atoms with Crippen LogP contribution in [-0.2, 0) is 17.6 Å². The SMILES string of the molecule is CC(C)n1ncnc1CC(=O)Cc1cccc(N)c1. The molecule has 2 aromatic rings. The molecule has 0 spiro atoms. The second-order valence-electron chi connectivity index (χ2n) is 4.85. The first-order valence-corrected chi connectivity index (χ1v) is 6.30. The summed E-state index contributed by atoms with van der Waals surface area (Å²) in [5.74, 6) is 0.824. The zero-order chi connectivity index (χ0) is 13.8. The third-order valence-corrected chi connectivity index (χ3v) is 2.84. The molecule has 0 saturated carbocycles. The average Bonchev–Trinajstić information content (AvgIpc) is 2.76. The van der Waals surface area contributed by atoms with Gasteiger partial charge in [0.1, 0.15) is 17.9 Å². The first kappa shape index (κ1) is 13.3. The number of rotatable bonds is 5. The largest absolute Gasteiger partial charge is 0.399 e. The average molecular weight is 258 g/mol. The lowest BCUT2D eigenvalue weighted by Crippen LogP contribution is -2.14. The summed E-state index contributed by atoms with van der Waals surface area (Å²) in [4.78, 5) is 16.2. The van der Waals surface area contributed by atoms with Crippen molar-refractivity contribution in [3.8, 4) is 0 Å². The maximum atomic E-state index is 12.0. The minimum absolute atomic E-state index is 0.112. The standard InChI is InChI=1S/C14H18N4O/c1-10(2)18-14(16-9-17-18)8-13(19)7-11-4-3-5-12(15)6-11/h3-6,9-10H,7-8,15H2,1-2H3. The highest BCUT2D eigenvalue weighted by Crippen LogP contribution is 2.10. The van der Waals surface area contributed by atoms with E-state index in [1.165, 1.54) is 6.33 Å². The van der Waals surface area contributed by atoms with Gasteiger partial charge in [-0.15, -0.1) is 0 Å². The normalized spacial score (nSPS) is 10.9. The lowest BCUT2D eigenvalue weighted by molar-refractivity contribution is -0.117. The number of nitrogen functional groups attached to an aromatic ring is 1. The van der Waals surface area contributed by atoms with Gasteiger partial charge in [0.05, 0.1) is 6.42 Å². The van der Waals surface area contributed by atoms with E-state index in [1.54, 1.807) is 4.68 Å². The number of benzene rings is 1. The van der Waals surface area contributed by atoms with E-state index in [9.17, 15) is 4.79 Å². The zero-order valence-electron chi connectivity index (χ0n) is 11.2. The minimum atomic E-state index is 0.112. The lowest BCUT2D eigenvalue weighted by Gasteiger charge is -2.08. The molecule has 1 aromatic carbocycles. The summed E-state index contributed by atoms with van der Waals surface area (Å²) in [5, 5.41) is 4.12. The van der Waals surface area contributed by atoms with Crippen LogP contribution in [-0.4, -0.2) is 20.5 Å². The van der Waals surface area contributed by atoms with Gasteiger partial charge in [0.2, 0.25) is 0 Å². The van der Waals surface area contributed by atoms with Crippen molar-refractivity contribution in [3.05, 3.63) is 42.0 Å². The first-order valence-electron chi connectivity index (χ1n) is 6.30. The van der Waals surface area contributed by atoms with Gasteiger partial charge in [-0.25, -0.2) is 9.67 Å². The number of anilines is 1. The Bertz CT molecular complexity index is 574. The molecular formula is C14H18N4O. The number of hydrogen-bond acceptors (Lipinski definition) is 4. The van der Waals surface area contributed by atoms with Gasteiger partial charge < -0.3 is 5.73 Å². The molecule has 0 fully saturated rings. The Hall–Kier alpha value is -2.17. The van der Waals surface area contributed by atoms with E-state index in [0.29, 0.717) is 24.4 Å². The Balaban J connectivity index is 2.03. The van der Waals surface area contributed by atoms with E-state index < -0.39 is 0 Å². The van der Waals surface area contributed by atoms with E-state index in [4.69, 9.17) is 5.73 Å². The number of nitrogens with zero attached hydrogens (tertiary/aromatic N) is 3. The molecule has 0 aliphatic rings. The van der Waals surface area contributed by atoms with Crippen LogP contribution >= 0.6 is 0 Å². The summed E-state index contributed by atoms with van der Waals surface area (Å²) in [6.07, 6.45) is 2.16. The summed E-state index contributed by atoms with van der Waals surface area (Å²) < 4.78 is 1.78. The molecular weight excluding hydrogens is 240 g/mol. The van der Waals surface area contributed by atoms with Gasteiger partial charge in [-0.3, -0.25) is 4.79 Å². The van der Waals surface area contributed by atoms with Gasteiger partial charge in [0.15, 0.2) is 0 Å². The number of Topliss-reactive ketones (excluding diaryl/α,β-unsaturated/α-hetero) is 1. The first-order chi connectivity index (χ1) is 9.06. The van der Waals surface area contributed by atoms with Crippen molar-refractivity contribution in [1.82, 2.24) is 14.8 Å². The second-order valence-corrected chi connectivity index (χ2v) is 4.85. The van der Waals surface area contributed by atoms with Gasteiger partial charge in [-0.2, -0.15) is 5.10 Å². The predicted molar refractivity (Wildman–Crippen MR) is 73.7 cm³/mol. The van der Waals surface area contributed by atoms with E-state index in [1.807, 2.05) is 38.1 Å².